The lowest BCUT2D eigenvalue weighted by Crippen LogP contribution is -2.54. The van der Waals surface area contributed by atoms with Crippen LogP contribution in [0.2, 0.25) is 0 Å². The number of ketones is 1. The average molecular weight is 248 g/mol. The van der Waals surface area contributed by atoms with Crippen LogP contribution in [0.1, 0.15) is 72.1 Å². The van der Waals surface area contributed by atoms with E-state index in [0.29, 0.717) is 17.1 Å². The summed E-state index contributed by atoms with van der Waals surface area (Å²) in [6, 6.07) is 0. The molecule has 4 aliphatic carbocycles. The number of carbonyl (C=O) groups excluding carboxylic acids is 1. The van der Waals surface area contributed by atoms with E-state index in [1.807, 2.05) is 0 Å². The quantitative estimate of drug-likeness (QED) is 0.710. The Morgan fingerprint density at radius 1 is 1.17 bits per heavy atom. The maximum Gasteiger partial charge on any atom is 0.139 e. The van der Waals surface area contributed by atoms with Gasteiger partial charge in [0, 0.05) is 11.8 Å². The van der Waals surface area contributed by atoms with E-state index in [1.165, 1.54) is 38.5 Å². The molecule has 0 radical (unpaired) electrons. The molecular weight excluding hydrogens is 220 g/mol. The van der Waals surface area contributed by atoms with Crippen LogP contribution in [-0.4, -0.2) is 5.78 Å². The minimum absolute atomic E-state index is 0.119. The maximum absolute atomic E-state index is 12.7. The molecule has 2 unspecified atom stereocenters. The normalized spacial score (nSPS) is 45.8. The fourth-order valence-electron chi connectivity index (χ4n) is 5.73. The number of rotatable bonds is 4. The second-order valence-electron chi connectivity index (χ2n) is 8.41. The Morgan fingerprint density at radius 2 is 1.78 bits per heavy atom. The molecule has 2 atom stereocenters. The molecule has 4 bridgehead atoms. The van der Waals surface area contributed by atoms with Crippen molar-refractivity contribution in [1.29, 1.82) is 0 Å². The zero-order valence-corrected chi connectivity index (χ0v) is 12.3. The molecular formula is C17H28O. The van der Waals surface area contributed by atoms with Gasteiger partial charge in [-0.15, -0.1) is 0 Å². The summed E-state index contributed by atoms with van der Waals surface area (Å²) in [4.78, 5) is 12.7. The van der Waals surface area contributed by atoms with E-state index >= 15 is 0 Å². The molecule has 4 fully saturated rings. The Bertz CT molecular complexity index is 341. The van der Waals surface area contributed by atoms with Crippen LogP contribution in [0.5, 0.6) is 0 Å². The van der Waals surface area contributed by atoms with E-state index in [4.69, 9.17) is 0 Å². The van der Waals surface area contributed by atoms with E-state index in [0.717, 1.165) is 24.7 Å². The number of hydrogen-bond donors (Lipinski definition) is 0. The molecule has 0 aromatic rings. The summed E-state index contributed by atoms with van der Waals surface area (Å²) in [7, 11) is 0. The monoisotopic (exact) mass is 248 g/mol. The highest BCUT2D eigenvalue weighted by Crippen LogP contribution is 2.65. The smallest absolute Gasteiger partial charge is 0.139 e. The van der Waals surface area contributed by atoms with Gasteiger partial charge < -0.3 is 0 Å². The van der Waals surface area contributed by atoms with Gasteiger partial charge in [0.25, 0.3) is 0 Å². The fourth-order valence-corrected chi connectivity index (χ4v) is 5.73. The molecule has 0 aromatic carbocycles. The Hall–Kier alpha value is -0.330. The van der Waals surface area contributed by atoms with Crippen LogP contribution >= 0.6 is 0 Å². The molecule has 0 N–H and O–H groups in total. The lowest BCUT2D eigenvalue weighted by molar-refractivity contribution is -0.153. The zero-order chi connectivity index (χ0) is 13.0. The summed E-state index contributed by atoms with van der Waals surface area (Å²) in [5, 5.41) is 0. The van der Waals surface area contributed by atoms with Crippen LogP contribution in [0.25, 0.3) is 0 Å². The van der Waals surface area contributed by atoms with Crippen molar-refractivity contribution in [2.24, 2.45) is 28.6 Å². The number of Topliss-reactive ketones (excluding diaryl/α,β-unsaturated/α-hetero) is 1. The summed E-state index contributed by atoms with van der Waals surface area (Å²) < 4.78 is 0. The van der Waals surface area contributed by atoms with Gasteiger partial charge in [-0.05, 0) is 68.1 Å². The third-order valence-corrected chi connectivity index (χ3v) is 5.89. The summed E-state index contributed by atoms with van der Waals surface area (Å²) in [5.74, 6) is 3.04. The molecule has 1 heteroatoms. The van der Waals surface area contributed by atoms with E-state index in [-0.39, 0.29) is 5.41 Å². The Morgan fingerprint density at radius 3 is 2.28 bits per heavy atom. The molecule has 4 saturated carbocycles. The van der Waals surface area contributed by atoms with E-state index in [1.54, 1.807) is 0 Å². The molecule has 0 aliphatic heterocycles. The molecule has 0 amide bonds. The second-order valence-corrected chi connectivity index (χ2v) is 8.41. The predicted molar refractivity (Wildman–Crippen MR) is 74.3 cm³/mol. The Kier molecular flexibility index (Phi) is 2.88. The van der Waals surface area contributed by atoms with Crippen molar-refractivity contribution >= 4 is 5.78 Å². The summed E-state index contributed by atoms with van der Waals surface area (Å²) in [6.45, 7) is 6.91. The van der Waals surface area contributed by atoms with Crippen LogP contribution in [0.3, 0.4) is 0 Å². The van der Waals surface area contributed by atoms with Crippen molar-refractivity contribution in [1.82, 2.24) is 0 Å². The fraction of sp³-hybridized carbons (Fsp3) is 0.941. The van der Waals surface area contributed by atoms with Gasteiger partial charge in [-0.3, -0.25) is 4.79 Å². The van der Waals surface area contributed by atoms with Crippen molar-refractivity contribution in [3.63, 3.8) is 0 Å². The second kappa shape index (κ2) is 4.08. The molecule has 102 valence electrons. The van der Waals surface area contributed by atoms with Crippen LogP contribution in [0.4, 0.5) is 0 Å². The molecule has 0 saturated heterocycles. The van der Waals surface area contributed by atoms with Gasteiger partial charge in [-0.2, -0.15) is 0 Å². The molecule has 0 aromatic heterocycles. The first-order chi connectivity index (χ1) is 8.41. The highest BCUT2D eigenvalue weighted by Gasteiger charge is 2.58. The summed E-state index contributed by atoms with van der Waals surface area (Å²) in [5.41, 5.74) is 0.630. The molecule has 0 heterocycles. The minimum Gasteiger partial charge on any atom is -0.299 e. The Labute approximate surface area is 112 Å². The molecule has 4 aliphatic rings. The Balaban J connectivity index is 1.76. The molecule has 18 heavy (non-hydrogen) atoms. The minimum atomic E-state index is 0.119. The van der Waals surface area contributed by atoms with Crippen molar-refractivity contribution in [2.75, 3.05) is 0 Å². The lowest BCUT2D eigenvalue weighted by Gasteiger charge is -2.60. The van der Waals surface area contributed by atoms with Crippen molar-refractivity contribution in [2.45, 2.75) is 72.1 Å². The van der Waals surface area contributed by atoms with Gasteiger partial charge in [0.1, 0.15) is 5.78 Å². The van der Waals surface area contributed by atoms with Gasteiger partial charge in [0.2, 0.25) is 0 Å². The summed E-state index contributed by atoms with van der Waals surface area (Å²) in [6.07, 6.45) is 9.84. The van der Waals surface area contributed by atoms with E-state index in [9.17, 15) is 4.79 Å². The molecule has 1 nitrogen and oxygen atoms in total. The van der Waals surface area contributed by atoms with Crippen LogP contribution in [0.15, 0.2) is 0 Å². The van der Waals surface area contributed by atoms with Gasteiger partial charge in [0.15, 0.2) is 0 Å². The SMILES string of the molecule is CC(C)CCC(=O)C12CC3CC(CC(C)(C3)C1)C2. The van der Waals surface area contributed by atoms with E-state index < -0.39 is 0 Å². The molecule has 4 rings (SSSR count). The van der Waals surface area contributed by atoms with Gasteiger partial charge in [0.05, 0.1) is 0 Å². The van der Waals surface area contributed by atoms with Crippen LogP contribution in [-0.2, 0) is 4.79 Å². The van der Waals surface area contributed by atoms with Gasteiger partial charge >= 0.3 is 0 Å². The zero-order valence-electron chi connectivity index (χ0n) is 12.3. The largest absolute Gasteiger partial charge is 0.299 e. The average Bonchev–Trinajstić information content (AvgIpc) is 2.22. The first-order valence-corrected chi connectivity index (χ1v) is 7.94. The number of carbonyl (C=O) groups is 1. The lowest BCUT2D eigenvalue weighted by atomic mass is 9.43. The standard InChI is InChI=1S/C17H28O/c1-12(2)4-5-15(18)17-9-13-6-14(10-17)8-16(3,7-13)11-17/h12-14H,4-11H2,1-3H3. The topological polar surface area (TPSA) is 17.1 Å². The summed E-state index contributed by atoms with van der Waals surface area (Å²) >= 11 is 0. The third kappa shape index (κ3) is 2.04. The first kappa shape index (κ1) is 12.7. The van der Waals surface area contributed by atoms with Gasteiger partial charge in [-0.25, -0.2) is 0 Å². The maximum atomic E-state index is 12.7. The van der Waals surface area contributed by atoms with Crippen molar-refractivity contribution in [3.05, 3.63) is 0 Å². The van der Waals surface area contributed by atoms with Crippen LogP contribution in [0, 0.1) is 28.6 Å². The molecule has 0 spiro atoms. The predicted octanol–water partition coefficient (Wildman–Crippen LogP) is 4.60. The highest BCUT2D eigenvalue weighted by atomic mass is 16.1. The van der Waals surface area contributed by atoms with Crippen LogP contribution < -0.4 is 0 Å². The van der Waals surface area contributed by atoms with Crippen molar-refractivity contribution in [3.8, 4) is 0 Å². The van der Waals surface area contributed by atoms with Gasteiger partial charge in [-0.1, -0.05) is 20.8 Å². The number of hydrogen-bond acceptors (Lipinski definition) is 1. The third-order valence-electron chi connectivity index (χ3n) is 5.89. The highest BCUT2D eigenvalue weighted by molar-refractivity contribution is 5.85. The van der Waals surface area contributed by atoms with E-state index in [2.05, 4.69) is 20.8 Å². The first-order valence-electron chi connectivity index (χ1n) is 7.94. The van der Waals surface area contributed by atoms with Crippen molar-refractivity contribution < 1.29 is 4.79 Å².